The molecule has 0 aliphatic rings. The lowest BCUT2D eigenvalue weighted by Gasteiger charge is -2.22. The number of unbranched alkanes of at least 4 members (excludes halogenated alkanes) is 45. The smallest absolute Gasteiger partial charge is 0.305 e. The summed E-state index contributed by atoms with van der Waals surface area (Å²) >= 11 is 0. The summed E-state index contributed by atoms with van der Waals surface area (Å²) in [5.74, 6) is -0.0519. The first kappa shape index (κ1) is 69.3. The summed E-state index contributed by atoms with van der Waals surface area (Å²) < 4.78 is 5.48. The third-order valence-corrected chi connectivity index (χ3v) is 15.0. The predicted octanol–water partition coefficient (Wildman–Crippen LogP) is 20.2. The van der Waals surface area contributed by atoms with Gasteiger partial charge in [-0.2, -0.15) is 0 Å². The fraction of sp³-hybridized carbons (Fsp3) is 0.908. The zero-order valence-electron chi connectivity index (χ0n) is 48.0. The first-order chi connectivity index (χ1) is 35.0. The molecule has 0 saturated carbocycles. The topological polar surface area (TPSA) is 95.9 Å². The molecule has 6 heteroatoms. The van der Waals surface area contributed by atoms with Crippen LogP contribution >= 0.6 is 0 Å². The monoisotopic (exact) mass is 1000 g/mol. The molecule has 2 unspecified atom stereocenters. The van der Waals surface area contributed by atoms with E-state index in [9.17, 15) is 19.8 Å². The van der Waals surface area contributed by atoms with E-state index in [0.29, 0.717) is 25.9 Å². The van der Waals surface area contributed by atoms with Crippen LogP contribution in [0.1, 0.15) is 354 Å². The van der Waals surface area contributed by atoms with Crippen molar-refractivity contribution in [3.8, 4) is 0 Å². The number of aliphatic hydroxyl groups excluding tert-OH is 2. The second-order valence-corrected chi connectivity index (χ2v) is 22.1. The lowest BCUT2D eigenvalue weighted by atomic mass is 10.0. The van der Waals surface area contributed by atoms with Crippen LogP contribution in [-0.2, 0) is 14.3 Å². The molecule has 0 aromatic heterocycles. The number of allylic oxidation sites excluding steroid dienone is 4. The highest BCUT2D eigenvalue weighted by Crippen LogP contribution is 2.18. The van der Waals surface area contributed by atoms with Gasteiger partial charge in [0.1, 0.15) is 0 Å². The molecule has 0 aliphatic heterocycles. The first-order valence-corrected chi connectivity index (χ1v) is 32.1. The average molecular weight is 1000 g/mol. The highest BCUT2D eigenvalue weighted by Gasteiger charge is 2.20. The largest absolute Gasteiger partial charge is 0.466 e. The number of ether oxygens (including phenoxy) is 1. The summed E-state index contributed by atoms with van der Waals surface area (Å²) in [6.45, 7) is 4.94. The van der Waals surface area contributed by atoms with E-state index < -0.39 is 12.1 Å². The van der Waals surface area contributed by atoms with Crippen molar-refractivity contribution < 1.29 is 24.5 Å². The van der Waals surface area contributed by atoms with Gasteiger partial charge in [0.15, 0.2) is 0 Å². The summed E-state index contributed by atoms with van der Waals surface area (Å²) in [4.78, 5) is 24.6. The number of esters is 1. The Bertz CT molecular complexity index is 1110. The third kappa shape index (κ3) is 57.5. The summed E-state index contributed by atoms with van der Waals surface area (Å²) in [7, 11) is 0. The molecule has 2 atom stereocenters. The average Bonchev–Trinajstić information content (AvgIpc) is 3.37. The molecule has 6 nitrogen and oxygen atoms in total. The number of nitrogens with one attached hydrogen (secondary N) is 1. The SMILES string of the molecule is CCCCCC/C=C\C/C=C\CCCCCCCC(=O)OCCCCCCCCCCCCCCCCCC(=O)NC(CO)C(O)CCCCCCCCCCCCCCCCCCCCCCCCC. The van der Waals surface area contributed by atoms with E-state index in [4.69, 9.17) is 4.74 Å². The number of carbonyl (C=O) groups is 2. The van der Waals surface area contributed by atoms with E-state index in [1.54, 1.807) is 0 Å². The minimum Gasteiger partial charge on any atom is -0.466 e. The Balaban J connectivity index is 3.43. The van der Waals surface area contributed by atoms with E-state index in [1.165, 1.54) is 263 Å². The Morgan fingerprint density at radius 1 is 0.394 bits per heavy atom. The molecule has 0 spiro atoms. The molecule has 0 saturated heterocycles. The first-order valence-electron chi connectivity index (χ1n) is 32.1. The molecule has 0 fully saturated rings. The Labute approximate surface area is 443 Å². The number of rotatable bonds is 60. The molecule has 0 radical (unpaired) electrons. The summed E-state index contributed by atoms with van der Waals surface area (Å²) in [5, 5.41) is 23.4. The molecule has 0 aliphatic carbocycles. The number of carbonyl (C=O) groups excluding carboxylic acids is 2. The number of hydrogen-bond acceptors (Lipinski definition) is 5. The zero-order valence-corrected chi connectivity index (χ0v) is 48.0. The molecular formula is C65H125NO5. The van der Waals surface area contributed by atoms with Gasteiger partial charge in [0.2, 0.25) is 5.91 Å². The van der Waals surface area contributed by atoms with Crippen LogP contribution in [0.5, 0.6) is 0 Å². The maximum absolute atomic E-state index is 12.5. The fourth-order valence-corrected chi connectivity index (χ4v) is 10.1. The lowest BCUT2D eigenvalue weighted by molar-refractivity contribution is -0.143. The Hall–Kier alpha value is -1.66. The van der Waals surface area contributed by atoms with Gasteiger partial charge in [-0.25, -0.2) is 0 Å². The number of amides is 1. The van der Waals surface area contributed by atoms with Gasteiger partial charge >= 0.3 is 5.97 Å². The molecule has 0 aromatic carbocycles. The van der Waals surface area contributed by atoms with Crippen LogP contribution in [0.25, 0.3) is 0 Å². The second-order valence-electron chi connectivity index (χ2n) is 22.1. The predicted molar refractivity (Wildman–Crippen MR) is 310 cm³/mol. The molecule has 1 amide bonds. The fourth-order valence-electron chi connectivity index (χ4n) is 10.1. The maximum atomic E-state index is 12.5. The van der Waals surface area contributed by atoms with E-state index in [1.807, 2.05) is 0 Å². The number of aliphatic hydroxyl groups is 2. The van der Waals surface area contributed by atoms with Crippen LogP contribution in [0, 0.1) is 0 Å². The van der Waals surface area contributed by atoms with Gasteiger partial charge in [0.05, 0.1) is 25.4 Å². The van der Waals surface area contributed by atoms with E-state index >= 15 is 0 Å². The molecule has 0 rings (SSSR count). The van der Waals surface area contributed by atoms with E-state index in [2.05, 4.69) is 43.5 Å². The van der Waals surface area contributed by atoms with Crippen LogP contribution in [0.3, 0.4) is 0 Å². The van der Waals surface area contributed by atoms with Crippen molar-refractivity contribution in [1.29, 1.82) is 0 Å². The van der Waals surface area contributed by atoms with Crippen molar-refractivity contribution in [3.05, 3.63) is 24.3 Å². The zero-order chi connectivity index (χ0) is 51.4. The molecular weight excluding hydrogens is 875 g/mol. The normalized spacial score (nSPS) is 12.7. The van der Waals surface area contributed by atoms with Crippen molar-refractivity contribution in [2.24, 2.45) is 0 Å². The van der Waals surface area contributed by atoms with Crippen LogP contribution in [0.2, 0.25) is 0 Å². The van der Waals surface area contributed by atoms with Crippen molar-refractivity contribution in [1.82, 2.24) is 5.32 Å². The second kappa shape index (κ2) is 60.9. The highest BCUT2D eigenvalue weighted by atomic mass is 16.5. The van der Waals surface area contributed by atoms with Gasteiger partial charge in [0, 0.05) is 12.8 Å². The van der Waals surface area contributed by atoms with Gasteiger partial charge < -0.3 is 20.3 Å². The maximum Gasteiger partial charge on any atom is 0.305 e. The molecule has 0 bridgehead atoms. The van der Waals surface area contributed by atoms with Gasteiger partial charge in [-0.1, -0.05) is 308 Å². The highest BCUT2D eigenvalue weighted by molar-refractivity contribution is 5.76. The van der Waals surface area contributed by atoms with Gasteiger partial charge in [-0.3, -0.25) is 9.59 Å². The van der Waals surface area contributed by atoms with Gasteiger partial charge in [0.25, 0.3) is 0 Å². The minimum absolute atomic E-state index is 0.0117. The molecule has 0 aromatic rings. The van der Waals surface area contributed by atoms with Gasteiger partial charge in [-0.05, 0) is 57.8 Å². The van der Waals surface area contributed by atoms with Crippen molar-refractivity contribution in [3.63, 3.8) is 0 Å². The minimum atomic E-state index is -0.672. The third-order valence-electron chi connectivity index (χ3n) is 15.0. The van der Waals surface area contributed by atoms with Crippen molar-refractivity contribution in [2.75, 3.05) is 13.2 Å². The Morgan fingerprint density at radius 2 is 0.704 bits per heavy atom. The summed E-state index contributed by atoms with van der Waals surface area (Å²) in [5.41, 5.74) is 0. The summed E-state index contributed by atoms with van der Waals surface area (Å²) in [6, 6.07) is -0.550. The number of hydrogen-bond donors (Lipinski definition) is 3. The standard InChI is InChI=1S/C65H125NO5/c1-3-5-7-9-11-13-15-17-19-21-22-23-24-25-26-27-29-33-37-41-45-49-53-57-63(68)62(61-67)66-64(69)58-54-50-46-42-38-34-30-28-32-36-40-44-48-52-56-60-71-65(70)59-55-51-47-43-39-35-31-20-18-16-14-12-10-8-6-4-2/h14,16,20,31,62-63,67-68H,3-13,15,17-19,21-30,32-61H2,1-2H3,(H,66,69)/b16-14-,31-20-. The van der Waals surface area contributed by atoms with E-state index in [0.717, 1.165) is 57.8 Å². The molecule has 3 N–H and O–H groups in total. The van der Waals surface area contributed by atoms with Crippen LogP contribution in [0.4, 0.5) is 0 Å². The van der Waals surface area contributed by atoms with Crippen LogP contribution in [-0.4, -0.2) is 47.4 Å². The molecule has 420 valence electrons. The molecule has 71 heavy (non-hydrogen) atoms. The quantitative estimate of drug-likeness (QED) is 0.0320. The van der Waals surface area contributed by atoms with Crippen molar-refractivity contribution in [2.45, 2.75) is 366 Å². The lowest BCUT2D eigenvalue weighted by Crippen LogP contribution is -2.45. The molecule has 0 heterocycles. The Kier molecular flexibility index (Phi) is 59.5. The summed E-state index contributed by atoms with van der Waals surface area (Å²) in [6.07, 6.45) is 74.7. The Morgan fingerprint density at radius 3 is 1.08 bits per heavy atom. The van der Waals surface area contributed by atoms with E-state index in [-0.39, 0.29) is 18.5 Å². The van der Waals surface area contributed by atoms with Crippen molar-refractivity contribution >= 4 is 11.9 Å². The van der Waals surface area contributed by atoms with Crippen LogP contribution in [0.15, 0.2) is 24.3 Å². The van der Waals surface area contributed by atoms with Gasteiger partial charge in [-0.15, -0.1) is 0 Å². The van der Waals surface area contributed by atoms with Crippen LogP contribution < -0.4 is 5.32 Å².